The van der Waals surface area contributed by atoms with Gasteiger partial charge in [0.25, 0.3) is 0 Å². The first-order chi connectivity index (χ1) is 9.17. The number of piperidine rings is 1. The minimum Gasteiger partial charge on any atom is -0.491 e. The van der Waals surface area contributed by atoms with Gasteiger partial charge < -0.3 is 15.0 Å². The summed E-state index contributed by atoms with van der Waals surface area (Å²) in [7, 11) is 0. The highest BCUT2D eigenvalue weighted by atomic mass is 16.5. The summed E-state index contributed by atoms with van der Waals surface area (Å²) < 4.78 is 5.65. The third kappa shape index (κ3) is 4.43. The number of rotatable bonds is 5. The van der Waals surface area contributed by atoms with Crippen LogP contribution in [0.15, 0.2) is 24.3 Å². The second-order valence-corrected chi connectivity index (χ2v) is 5.54. The summed E-state index contributed by atoms with van der Waals surface area (Å²) in [4.78, 5) is 2.51. The molecule has 19 heavy (non-hydrogen) atoms. The molecule has 0 unspecified atom stereocenters. The summed E-state index contributed by atoms with van der Waals surface area (Å²) in [6.45, 7) is 9.93. The molecule has 1 aliphatic rings. The van der Waals surface area contributed by atoms with Crippen LogP contribution in [0, 0.1) is 0 Å². The summed E-state index contributed by atoms with van der Waals surface area (Å²) in [5, 5.41) is 3.62. The molecule has 1 heterocycles. The molecule has 106 valence electrons. The molecule has 0 aliphatic carbocycles. The van der Waals surface area contributed by atoms with Crippen molar-refractivity contribution in [3.8, 4) is 5.75 Å². The second-order valence-electron chi connectivity index (χ2n) is 5.54. The maximum absolute atomic E-state index is 5.65. The van der Waals surface area contributed by atoms with Crippen LogP contribution in [0.2, 0.25) is 0 Å². The number of anilines is 1. The van der Waals surface area contributed by atoms with Gasteiger partial charge in [-0.25, -0.2) is 0 Å². The first-order valence-electron chi connectivity index (χ1n) is 7.43. The fraction of sp³-hybridized carbons (Fsp3) is 0.625. The van der Waals surface area contributed by atoms with Crippen molar-refractivity contribution in [3.05, 3.63) is 24.3 Å². The van der Waals surface area contributed by atoms with Gasteiger partial charge in [0.05, 0.1) is 6.10 Å². The van der Waals surface area contributed by atoms with Crippen molar-refractivity contribution >= 4 is 5.69 Å². The van der Waals surface area contributed by atoms with E-state index < -0.39 is 0 Å². The predicted molar refractivity (Wildman–Crippen MR) is 81.0 cm³/mol. The van der Waals surface area contributed by atoms with E-state index in [4.69, 9.17) is 4.74 Å². The Morgan fingerprint density at radius 1 is 1.21 bits per heavy atom. The second kappa shape index (κ2) is 6.80. The lowest BCUT2D eigenvalue weighted by atomic mass is 10.0. The minimum atomic E-state index is 0.234. The molecule has 0 spiro atoms. The Morgan fingerprint density at radius 3 is 2.37 bits per heavy atom. The van der Waals surface area contributed by atoms with Gasteiger partial charge in [-0.3, -0.25) is 0 Å². The number of hydrogen-bond donors (Lipinski definition) is 1. The van der Waals surface area contributed by atoms with E-state index in [2.05, 4.69) is 29.3 Å². The molecule has 1 aromatic rings. The van der Waals surface area contributed by atoms with E-state index in [-0.39, 0.29) is 6.10 Å². The highest BCUT2D eigenvalue weighted by Gasteiger charge is 2.17. The van der Waals surface area contributed by atoms with E-state index in [0.29, 0.717) is 6.04 Å². The van der Waals surface area contributed by atoms with Crippen molar-refractivity contribution in [2.24, 2.45) is 0 Å². The molecule has 1 aromatic carbocycles. The van der Waals surface area contributed by atoms with Crippen LogP contribution < -0.4 is 10.1 Å². The van der Waals surface area contributed by atoms with E-state index in [0.717, 1.165) is 5.75 Å². The Kier molecular flexibility index (Phi) is 5.08. The third-order valence-corrected chi connectivity index (χ3v) is 3.63. The quantitative estimate of drug-likeness (QED) is 0.880. The van der Waals surface area contributed by atoms with Gasteiger partial charge in [-0.15, -0.1) is 0 Å². The van der Waals surface area contributed by atoms with E-state index >= 15 is 0 Å². The Labute approximate surface area is 116 Å². The van der Waals surface area contributed by atoms with E-state index in [1.165, 1.54) is 38.2 Å². The molecule has 0 radical (unpaired) electrons. The van der Waals surface area contributed by atoms with Crippen LogP contribution in [0.4, 0.5) is 5.69 Å². The highest BCUT2D eigenvalue weighted by Crippen LogP contribution is 2.20. The van der Waals surface area contributed by atoms with Crippen molar-refractivity contribution in [3.63, 3.8) is 0 Å². The molecule has 0 amide bonds. The highest BCUT2D eigenvalue weighted by molar-refractivity contribution is 5.47. The van der Waals surface area contributed by atoms with Crippen LogP contribution >= 0.6 is 0 Å². The number of ether oxygens (including phenoxy) is 1. The van der Waals surface area contributed by atoms with Gasteiger partial charge in [0, 0.05) is 24.8 Å². The van der Waals surface area contributed by atoms with Gasteiger partial charge in [0.15, 0.2) is 0 Å². The lowest BCUT2D eigenvalue weighted by Crippen LogP contribution is -2.38. The van der Waals surface area contributed by atoms with Crippen LogP contribution in [0.25, 0.3) is 0 Å². The van der Waals surface area contributed by atoms with Gasteiger partial charge in [0.1, 0.15) is 5.75 Å². The molecule has 1 saturated heterocycles. The number of benzene rings is 1. The van der Waals surface area contributed by atoms with Gasteiger partial charge in [0.2, 0.25) is 0 Å². The van der Waals surface area contributed by atoms with Crippen molar-refractivity contribution in [2.75, 3.05) is 25.0 Å². The number of nitrogens with zero attached hydrogens (tertiary/aromatic N) is 1. The molecule has 3 nitrogen and oxygen atoms in total. The molecule has 1 N–H and O–H groups in total. The fourth-order valence-corrected chi connectivity index (χ4v) is 2.53. The third-order valence-electron chi connectivity index (χ3n) is 3.63. The largest absolute Gasteiger partial charge is 0.491 e. The monoisotopic (exact) mass is 262 g/mol. The van der Waals surface area contributed by atoms with E-state index in [1.807, 2.05) is 26.0 Å². The smallest absolute Gasteiger partial charge is 0.119 e. The molecule has 2 rings (SSSR count). The Morgan fingerprint density at radius 2 is 1.84 bits per heavy atom. The molecule has 1 fully saturated rings. The summed E-state index contributed by atoms with van der Waals surface area (Å²) >= 11 is 0. The molecule has 0 bridgehead atoms. The lowest BCUT2D eigenvalue weighted by molar-refractivity contribution is 0.229. The zero-order valence-electron chi connectivity index (χ0n) is 12.4. The van der Waals surface area contributed by atoms with Crippen molar-refractivity contribution in [2.45, 2.75) is 45.8 Å². The topological polar surface area (TPSA) is 24.5 Å². The molecule has 1 aliphatic heterocycles. The van der Waals surface area contributed by atoms with Crippen LogP contribution in [0.1, 0.15) is 33.6 Å². The number of hydrogen-bond acceptors (Lipinski definition) is 3. The lowest BCUT2D eigenvalue weighted by Gasteiger charge is -2.32. The Hall–Kier alpha value is -1.22. The summed E-state index contributed by atoms with van der Waals surface area (Å²) in [6.07, 6.45) is 2.70. The molecular formula is C16H26N2O. The standard InChI is InChI=1S/C16H26N2O/c1-4-18-11-9-15(10-12-18)17-14-5-7-16(8-6-14)19-13(2)3/h5-8,13,15,17H,4,9-12H2,1-3H3. The predicted octanol–water partition coefficient (Wildman–Crippen LogP) is 3.37. The maximum atomic E-state index is 5.65. The van der Waals surface area contributed by atoms with Crippen molar-refractivity contribution in [1.29, 1.82) is 0 Å². The van der Waals surface area contributed by atoms with Crippen LogP contribution in [0.5, 0.6) is 5.75 Å². The Balaban J connectivity index is 1.83. The minimum absolute atomic E-state index is 0.234. The molecular weight excluding hydrogens is 236 g/mol. The summed E-state index contributed by atoms with van der Waals surface area (Å²) in [6, 6.07) is 8.93. The molecule has 0 atom stereocenters. The SMILES string of the molecule is CCN1CCC(Nc2ccc(OC(C)C)cc2)CC1. The van der Waals surface area contributed by atoms with Crippen LogP contribution in [-0.2, 0) is 0 Å². The molecule has 0 saturated carbocycles. The van der Waals surface area contributed by atoms with Gasteiger partial charge in [-0.05, 0) is 57.5 Å². The van der Waals surface area contributed by atoms with Crippen LogP contribution in [0.3, 0.4) is 0 Å². The zero-order chi connectivity index (χ0) is 13.7. The van der Waals surface area contributed by atoms with Gasteiger partial charge >= 0.3 is 0 Å². The molecule has 3 heteroatoms. The first-order valence-corrected chi connectivity index (χ1v) is 7.43. The summed E-state index contributed by atoms with van der Waals surface area (Å²) in [5.74, 6) is 0.946. The molecule has 0 aromatic heterocycles. The number of likely N-dealkylation sites (tertiary alicyclic amines) is 1. The van der Waals surface area contributed by atoms with Crippen LogP contribution in [-0.4, -0.2) is 36.7 Å². The van der Waals surface area contributed by atoms with E-state index in [1.54, 1.807) is 0 Å². The summed E-state index contributed by atoms with van der Waals surface area (Å²) in [5.41, 5.74) is 1.20. The van der Waals surface area contributed by atoms with Gasteiger partial charge in [-0.1, -0.05) is 6.92 Å². The van der Waals surface area contributed by atoms with E-state index in [9.17, 15) is 0 Å². The Bertz CT molecular complexity index is 367. The normalized spacial score (nSPS) is 17.7. The maximum Gasteiger partial charge on any atom is 0.119 e. The van der Waals surface area contributed by atoms with Crippen molar-refractivity contribution < 1.29 is 4.74 Å². The average molecular weight is 262 g/mol. The van der Waals surface area contributed by atoms with Crippen molar-refractivity contribution in [1.82, 2.24) is 4.90 Å². The number of nitrogens with one attached hydrogen (secondary N) is 1. The fourth-order valence-electron chi connectivity index (χ4n) is 2.53. The zero-order valence-corrected chi connectivity index (χ0v) is 12.4. The average Bonchev–Trinajstić information content (AvgIpc) is 2.41. The first kappa shape index (κ1) is 14.2. The van der Waals surface area contributed by atoms with Gasteiger partial charge in [-0.2, -0.15) is 0 Å².